The summed E-state index contributed by atoms with van der Waals surface area (Å²) in [6, 6.07) is 8.31. The fraction of sp³-hybridized carbons (Fsp3) is 0.200. The lowest BCUT2D eigenvalue weighted by Gasteiger charge is -2.18. The SMILES string of the molecule is NC(Cc1ccc(Cl)c(F)c1)c1ccccc1C(F)(F)F. The molecule has 0 heterocycles. The minimum absolute atomic E-state index is 0.0136. The van der Waals surface area contributed by atoms with Crippen LogP contribution in [0.4, 0.5) is 17.6 Å². The van der Waals surface area contributed by atoms with Crippen LogP contribution < -0.4 is 5.73 Å². The van der Waals surface area contributed by atoms with Gasteiger partial charge < -0.3 is 5.73 Å². The number of hydrogen-bond acceptors (Lipinski definition) is 1. The lowest BCUT2D eigenvalue weighted by Crippen LogP contribution is -2.19. The van der Waals surface area contributed by atoms with Crippen molar-refractivity contribution in [3.63, 3.8) is 0 Å². The summed E-state index contributed by atoms with van der Waals surface area (Å²) in [5.74, 6) is -0.620. The zero-order chi connectivity index (χ0) is 15.6. The molecular formula is C15H12ClF4N. The molecule has 0 aliphatic rings. The Hall–Kier alpha value is -1.59. The van der Waals surface area contributed by atoms with Gasteiger partial charge >= 0.3 is 6.18 Å². The highest BCUT2D eigenvalue weighted by Crippen LogP contribution is 2.34. The van der Waals surface area contributed by atoms with Crippen molar-refractivity contribution < 1.29 is 17.6 Å². The Morgan fingerprint density at radius 1 is 1.10 bits per heavy atom. The van der Waals surface area contributed by atoms with E-state index in [1.165, 1.54) is 30.3 Å². The molecule has 0 radical (unpaired) electrons. The molecular weight excluding hydrogens is 306 g/mol. The highest BCUT2D eigenvalue weighted by molar-refractivity contribution is 6.30. The number of rotatable bonds is 3. The van der Waals surface area contributed by atoms with Crippen molar-refractivity contribution in [2.45, 2.75) is 18.6 Å². The Labute approximate surface area is 124 Å². The Morgan fingerprint density at radius 2 is 1.76 bits per heavy atom. The molecule has 1 unspecified atom stereocenters. The molecule has 0 aliphatic heterocycles. The first-order chi connectivity index (χ1) is 9.79. The van der Waals surface area contributed by atoms with E-state index in [1.54, 1.807) is 6.07 Å². The van der Waals surface area contributed by atoms with Gasteiger partial charge in [-0.3, -0.25) is 0 Å². The van der Waals surface area contributed by atoms with Crippen LogP contribution in [-0.4, -0.2) is 0 Å². The smallest absolute Gasteiger partial charge is 0.324 e. The first-order valence-corrected chi connectivity index (χ1v) is 6.52. The molecule has 0 bridgehead atoms. The highest BCUT2D eigenvalue weighted by atomic mass is 35.5. The number of benzene rings is 2. The molecule has 2 N–H and O–H groups in total. The molecule has 0 fully saturated rings. The van der Waals surface area contributed by atoms with Gasteiger partial charge in [-0.15, -0.1) is 0 Å². The summed E-state index contributed by atoms with van der Waals surface area (Å²) < 4.78 is 52.1. The van der Waals surface area contributed by atoms with Gasteiger partial charge in [-0.1, -0.05) is 35.9 Å². The second kappa shape index (κ2) is 6.03. The molecule has 2 aromatic rings. The molecule has 0 spiro atoms. The third-order valence-corrected chi connectivity index (χ3v) is 3.41. The Kier molecular flexibility index (Phi) is 4.54. The van der Waals surface area contributed by atoms with E-state index in [1.807, 2.05) is 0 Å². The van der Waals surface area contributed by atoms with E-state index >= 15 is 0 Å². The normalized spacial score (nSPS) is 13.2. The van der Waals surface area contributed by atoms with Crippen molar-refractivity contribution in [1.29, 1.82) is 0 Å². The molecule has 0 saturated heterocycles. The summed E-state index contributed by atoms with van der Waals surface area (Å²) in [6.45, 7) is 0. The summed E-state index contributed by atoms with van der Waals surface area (Å²) in [5.41, 5.74) is 5.56. The van der Waals surface area contributed by atoms with Crippen LogP contribution in [0.2, 0.25) is 5.02 Å². The third-order valence-electron chi connectivity index (χ3n) is 3.11. The summed E-state index contributed by atoms with van der Waals surface area (Å²) in [4.78, 5) is 0. The maximum absolute atomic E-state index is 13.3. The van der Waals surface area contributed by atoms with Crippen LogP contribution in [0.1, 0.15) is 22.7 Å². The van der Waals surface area contributed by atoms with Crippen molar-refractivity contribution in [2.75, 3.05) is 0 Å². The quantitative estimate of drug-likeness (QED) is 0.813. The average molecular weight is 318 g/mol. The van der Waals surface area contributed by atoms with E-state index in [0.717, 1.165) is 6.07 Å². The fourth-order valence-electron chi connectivity index (χ4n) is 2.11. The van der Waals surface area contributed by atoms with E-state index in [-0.39, 0.29) is 17.0 Å². The van der Waals surface area contributed by atoms with Crippen molar-refractivity contribution in [2.24, 2.45) is 5.73 Å². The predicted octanol–water partition coefficient (Wildman–Crippen LogP) is 4.74. The standard InChI is InChI=1S/C15H12ClF4N/c16-12-6-5-9(7-13(12)17)8-14(21)10-3-1-2-4-11(10)15(18,19)20/h1-7,14H,8,21H2. The summed E-state index contributed by atoms with van der Waals surface area (Å²) in [6.07, 6.45) is -4.39. The van der Waals surface area contributed by atoms with Gasteiger partial charge in [0.05, 0.1) is 10.6 Å². The van der Waals surface area contributed by atoms with Gasteiger partial charge in [0, 0.05) is 6.04 Å². The average Bonchev–Trinajstić information content (AvgIpc) is 2.42. The predicted molar refractivity (Wildman–Crippen MR) is 73.5 cm³/mol. The molecule has 2 aromatic carbocycles. The van der Waals surface area contributed by atoms with E-state index in [2.05, 4.69) is 0 Å². The maximum Gasteiger partial charge on any atom is 0.416 e. The zero-order valence-corrected chi connectivity index (χ0v) is 11.5. The molecule has 2 rings (SSSR count). The molecule has 1 nitrogen and oxygen atoms in total. The largest absolute Gasteiger partial charge is 0.416 e. The van der Waals surface area contributed by atoms with Crippen LogP contribution in [0.15, 0.2) is 42.5 Å². The minimum Gasteiger partial charge on any atom is -0.324 e. The van der Waals surface area contributed by atoms with Crippen molar-refractivity contribution >= 4 is 11.6 Å². The Bertz CT molecular complexity index is 640. The van der Waals surface area contributed by atoms with Crippen LogP contribution in [0, 0.1) is 5.82 Å². The number of alkyl halides is 3. The summed E-state index contributed by atoms with van der Waals surface area (Å²) in [5, 5.41) is -0.0389. The number of halogens is 5. The van der Waals surface area contributed by atoms with E-state index < -0.39 is 23.6 Å². The third kappa shape index (κ3) is 3.74. The summed E-state index contributed by atoms with van der Waals surface area (Å²) >= 11 is 5.56. The Morgan fingerprint density at radius 3 is 2.38 bits per heavy atom. The van der Waals surface area contributed by atoms with Crippen molar-refractivity contribution in [1.82, 2.24) is 0 Å². The van der Waals surface area contributed by atoms with Gasteiger partial charge in [0.2, 0.25) is 0 Å². The second-order valence-corrected chi connectivity index (χ2v) is 5.05. The van der Waals surface area contributed by atoms with Gasteiger partial charge in [-0.2, -0.15) is 13.2 Å². The van der Waals surface area contributed by atoms with Crippen molar-refractivity contribution in [3.8, 4) is 0 Å². The zero-order valence-electron chi connectivity index (χ0n) is 10.8. The van der Waals surface area contributed by atoms with E-state index in [4.69, 9.17) is 17.3 Å². The van der Waals surface area contributed by atoms with Crippen LogP contribution in [0.3, 0.4) is 0 Å². The van der Waals surface area contributed by atoms with Gasteiger partial charge in [0.25, 0.3) is 0 Å². The lowest BCUT2D eigenvalue weighted by molar-refractivity contribution is -0.138. The minimum atomic E-state index is -4.47. The first kappa shape index (κ1) is 15.8. The van der Waals surface area contributed by atoms with Crippen molar-refractivity contribution in [3.05, 3.63) is 70.0 Å². The number of hydrogen-bond donors (Lipinski definition) is 1. The molecule has 112 valence electrons. The molecule has 6 heteroatoms. The fourth-order valence-corrected chi connectivity index (χ4v) is 2.23. The van der Waals surface area contributed by atoms with Crippen LogP contribution in [-0.2, 0) is 12.6 Å². The monoisotopic (exact) mass is 317 g/mol. The molecule has 21 heavy (non-hydrogen) atoms. The van der Waals surface area contributed by atoms with Gasteiger partial charge in [0.1, 0.15) is 5.82 Å². The summed E-state index contributed by atoms with van der Waals surface area (Å²) in [7, 11) is 0. The topological polar surface area (TPSA) is 26.0 Å². The molecule has 0 aromatic heterocycles. The van der Waals surface area contributed by atoms with Gasteiger partial charge in [0.15, 0.2) is 0 Å². The van der Waals surface area contributed by atoms with Gasteiger partial charge in [-0.05, 0) is 35.7 Å². The van der Waals surface area contributed by atoms with Crippen LogP contribution >= 0.6 is 11.6 Å². The first-order valence-electron chi connectivity index (χ1n) is 6.14. The molecule has 1 atom stereocenters. The maximum atomic E-state index is 13.3. The van der Waals surface area contributed by atoms with Gasteiger partial charge in [-0.25, -0.2) is 4.39 Å². The molecule has 0 aliphatic carbocycles. The van der Waals surface area contributed by atoms with E-state index in [9.17, 15) is 17.6 Å². The second-order valence-electron chi connectivity index (χ2n) is 4.64. The molecule has 0 amide bonds. The van der Waals surface area contributed by atoms with E-state index in [0.29, 0.717) is 5.56 Å². The Balaban J connectivity index is 2.28. The van der Waals surface area contributed by atoms with Crippen LogP contribution in [0.5, 0.6) is 0 Å². The highest BCUT2D eigenvalue weighted by Gasteiger charge is 2.34. The lowest BCUT2D eigenvalue weighted by atomic mass is 9.95. The number of nitrogens with two attached hydrogens (primary N) is 1. The van der Waals surface area contributed by atoms with Crippen LogP contribution in [0.25, 0.3) is 0 Å². The molecule has 0 saturated carbocycles.